The number of furan rings is 1. The van der Waals surface area contributed by atoms with Gasteiger partial charge in [-0.25, -0.2) is 0 Å². The summed E-state index contributed by atoms with van der Waals surface area (Å²) < 4.78 is 16.4. The Morgan fingerprint density at radius 2 is 1.80 bits per heavy atom. The summed E-state index contributed by atoms with van der Waals surface area (Å²) in [5.74, 6) is -0.0457. The third-order valence-corrected chi connectivity index (χ3v) is 4.97. The lowest BCUT2D eigenvalue weighted by Crippen LogP contribution is -2.69. The molecule has 0 saturated carbocycles. The fraction of sp³-hybridized carbons (Fsp3) is 0.733. The Morgan fingerprint density at radius 1 is 1.08 bits per heavy atom. The van der Waals surface area contributed by atoms with Crippen LogP contribution in [-0.2, 0) is 15.1 Å². The zero-order valence-electron chi connectivity index (χ0n) is 13.2. The van der Waals surface area contributed by atoms with E-state index in [1.165, 1.54) is 18.4 Å². The van der Waals surface area contributed by atoms with Crippen LogP contribution >= 0.6 is 0 Å². The highest BCUT2D eigenvalue weighted by atomic mass is 16.6. The average molecular weight is 362 g/mol. The summed E-state index contributed by atoms with van der Waals surface area (Å²) >= 11 is 0. The second kappa shape index (κ2) is 6.58. The summed E-state index contributed by atoms with van der Waals surface area (Å²) in [6.07, 6.45) is -8.40. The van der Waals surface area contributed by atoms with E-state index in [9.17, 15) is 35.7 Å². The van der Waals surface area contributed by atoms with Crippen molar-refractivity contribution in [2.24, 2.45) is 0 Å². The maximum atomic E-state index is 10.7. The van der Waals surface area contributed by atoms with E-state index in [1.54, 1.807) is 0 Å². The van der Waals surface area contributed by atoms with Crippen molar-refractivity contribution in [3.05, 3.63) is 24.2 Å². The van der Waals surface area contributed by atoms with Gasteiger partial charge in [-0.05, 0) is 12.1 Å². The Balaban J connectivity index is 2.09. The van der Waals surface area contributed by atoms with Gasteiger partial charge in [-0.2, -0.15) is 0 Å². The van der Waals surface area contributed by atoms with Crippen molar-refractivity contribution in [1.82, 2.24) is 0 Å². The number of aliphatic hydroxyl groups excluding tert-OH is 6. The first-order valence-corrected chi connectivity index (χ1v) is 7.81. The molecule has 7 N–H and O–H groups in total. The van der Waals surface area contributed by atoms with Crippen molar-refractivity contribution >= 4 is 0 Å². The van der Waals surface area contributed by atoms with Gasteiger partial charge in [0.05, 0.1) is 26.1 Å². The van der Waals surface area contributed by atoms with Gasteiger partial charge < -0.3 is 49.6 Å². The summed E-state index contributed by atoms with van der Waals surface area (Å²) in [5.41, 5.74) is -4.04. The van der Waals surface area contributed by atoms with Crippen LogP contribution in [0.5, 0.6) is 0 Å². The molecular formula is C15H22O10. The molecule has 0 amide bonds. The van der Waals surface area contributed by atoms with Gasteiger partial charge in [-0.1, -0.05) is 0 Å². The number of hydrogen-bond acceptors (Lipinski definition) is 10. The molecule has 10 heteroatoms. The Hall–Kier alpha value is -1.08. The van der Waals surface area contributed by atoms with Crippen LogP contribution < -0.4 is 0 Å². The van der Waals surface area contributed by atoms with Gasteiger partial charge in [0.2, 0.25) is 0 Å². The predicted molar refractivity (Wildman–Crippen MR) is 78.1 cm³/mol. The first-order valence-electron chi connectivity index (χ1n) is 7.81. The van der Waals surface area contributed by atoms with Crippen LogP contribution in [-0.4, -0.2) is 97.8 Å². The van der Waals surface area contributed by atoms with Crippen molar-refractivity contribution in [2.45, 2.75) is 47.8 Å². The molecule has 2 aliphatic heterocycles. The van der Waals surface area contributed by atoms with Crippen LogP contribution in [0.2, 0.25) is 0 Å². The average Bonchev–Trinajstić information content (AvgIpc) is 3.25. The smallest absolute Gasteiger partial charge is 0.183 e. The van der Waals surface area contributed by atoms with Crippen molar-refractivity contribution in [1.29, 1.82) is 0 Å². The number of rotatable bonds is 4. The Kier molecular flexibility index (Phi) is 4.92. The summed E-state index contributed by atoms with van der Waals surface area (Å²) in [7, 11) is 0. The molecular weight excluding hydrogens is 340 g/mol. The first-order chi connectivity index (χ1) is 11.8. The summed E-state index contributed by atoms with van der Waals surface area (Å²) in [6, 6.07) is 2.87. The standard InChI is InChI=1S/C15H22O10/c16-4-7-9(18)10(19)11(20)15(25-7,8-2-1-3-23-8)13-12(21)14(22,5-17)6-24-13/h1-3,7,9-13,16-22H,4-6H2/t7-,9+,10-,11+,12+,13?,14?,15+/m1/s1. The van der Waals surface area contributed by atoms with Crippen LogP contribution in [0.15, 0.2) is 22.8 Å². The van der Waals surface area contributed by atoms with Gasteiger partial charge in [-0.3, -0.25) is 0 Å². The summed E-state index contributed by atoms with van der Waals surface area (Å²) in [6.45, 7) is -1.97. The summed E-state index contributed by atoms with van der Waals surface area (Å²) in [4.78, 5) is 0. The number of aliphatic hydroxyl groups is 7. The minimum Gasteiger partial charge on any atom is -0.466 e. The molecule has 0 aromatic carbocycles. The quantitative estimate of drug-likeness (QED) is 0.284. The third kappa shape index (κ3) is 2.62. The van der Waals surface area contributed by atoms with E-state index in [1.807, 2.05) is 0 Å². The first kappa shape index (κ1) is 18.7. The molecule has 0 aliphatic carbocycles. The third-order valence-electron chi connectivity index (χ3n) is 4.97. The molecule has 2 unspecified atom stereocenters. The van der Waals surface area contributed by atoms with Gasteiger partial charge in [-0.15, -0.1) is 0 Å². The lowest BCUT2D eigenvalue weighted by Gasteiger charge is -2.50. The van der Waals surface area contributed by atoms with Crippen molar-refractivity contribution in [2.75, 3.05) is 19.8 Å². The summed E-state index contributed by atoms with van der Waals surface area (Å²) in [5, 5.41) is 70.4. The molecule has 1 aromatic rings. The molecule has 10 nitrogen and oxygen atoms in total. The van der Waals surface area contributed by atoms with Crippen molar-refractivity contribution in [3.8, 4) is 0 Å². The van der Waals surface area contributed by atoms with Crippen molar-refractivity contribution in [3.63, 3.8) is 0 Å². The topological polar surface area (TPSA) is 173 Å². The molecule has 25 heavy (non-hydrogen) atoms. The minimum absolute atomic E-state index is 0.0457. The Labute approximate surface area is 142 Å². The van der Waals surface area contributed by atoms with E-state index in [0.29, 0.717) is 0 Å². The Morgan fingerprint density at radius 3 is 2.32 bits per heavy atom. The van der Waals surface area contributed by atoms with E-state index >= 15 is 0 Å². The molecule has 2 saturated heterocycles. The van der Waals surface area contributed by atoms with Crippen LogP contribution in [0.3, 0.4) is 0 Å². The highest BCUT2D eigenvalue weighted by Gasteiger charge is 2.66. The molecule has 0 radical (unpaired) electrons. The molecule has 0 spiro atoms. The number of ether oxygens (including phenoxy) is 2. The zero-order chi connectivity index (χ0) is 18.4. The fourth-order valence-corrected chi connectivity index (χ4v) is 3.47. The molecule has 2 aliphatic rings. The molecule has 1 aromatic heterocycles. The zero-order valence-corrected chi connectivity index (χ0v) is 13.2. The highest BCUT2D eigenvalue weighted by Crippen LogP contribution is 2.47. The van der Waals surface area contributed by atoms with Gasteiger partial charge in [0, 0.05) is 0 Å². The van der Waals surface area contributed by atoms with Gasteiger partial charge in [0.1, 0.15) is 48.0 Å². The van der Waals surface area contributed by atoms with E-state index in [0.717, 1.165) is 0 Å². The maximum Gasteiger partial charge on any atom is 0.183 e. The largest absolute Gasteiger partial charge is 0.466 e. The van der Waals surface area contributed by atoms with E-state index in [-0.39, 0.29) is 5.76 Å². The lowest BCUT2D eigenvalue weighted by atomic mass is 9.76. The van der Waals surface area contributed by atoms with Crippen LogP contribution in [0.4, 0.5) is 0 Å². The molecule has 0 bridgehead atoms. The monoisotopic (exact) mass is 362 g/mol. The normalized spacial score (nSPS) is 48.0. The van der Waals surface area contributed by atoms with Crippen LogP contribution in [0.1, 0.15) is 5.76 Å². The molecule has 3 rings (SSSR count). The molecule has 2 fully saturated rings. The minimum atomic E-state index is -2.03. The molecule has 142 valence electrons. The van der Waals surface area contributed by atoms with Crippen LogP contribution in [0, 0.1) is 0 Å². The van der Waals surface area contributed by atoms with E-state index in [2.05, 4.69) is 0 Å². The molecule has 3 heterocycles. The Bertz CT molecular complexity index is 577. The molecule has 8 atom stereocenters. The van der Waals surface area contributed by atoms with E-state index < -0.39 is 67.6 Å². The number of hydrogen-bond donors (Lipinski definition) is 7. The lowest BCUT2D eigenvalue weighted by molar-refractivity contribution is -0.318. The van der Waals surface area contributed by atoms with Gasteiger partial charge in [0.15, 0.2) is 5.60 Å². The van der Waals surface area contributed by atoms with Crippen molar-refractivity contribution < 1.29 is 49.6 Å². The fourth-order valence-electron chi connectivity index (χ4n) is 3.47. The SMILES string of the molecule is OC[C@H]1O[C@](c2ccco2)(C2OCC(O)(CO)[C@H]2O)[C@@H](O)[C@H](O)[C@H]1O. The van der Waals surface area contributed by atoms with E-state index in [4.69, 9.17) is 13.9 Å². The second-order valence-electron chi connectivity index (χ2n) is 6.47. The predicted octanol–water partition coefficient (Wildman–Crippen LogP) is -3.57. The maximum absolute atomic E-state index is 10.7. The highest BCUT2D eigenvalue weighted by molar-refractivity contribution is 5.23. The van der Waals surface area contributed by atoms with Gasteiger partial charge >= 0.3 is 0 Å². The van der Waals surface area contributed by atoms with Crippen LogP contribution in [0.25, 0.3) is 0 Å². The van der Waals surface area contributed by atoms with Gasteiger partial charge in [0.25, 0.3) is 0 Å². The second-order valence-corrected chi connectivity index (χ2v) is 6.47.